The maximum absolute atomic E-state index is 9.58. The van der Waals surface area contributed by atoms with Crippen LogP contribution in [0.15, 0.2) is 72.8 Å². The molecule has 0 fully saturated rings. The molecule has 0 bridgehead atoms. The molecule has 0 radical (unpaired) electrons. The highest BCUT2D eigenvalue weighted by atomic mass is 14.3. The van der Waals surface area contributed by atoms with E-state index in [4.69, 9.17) is 0 Å². The molecule has 3 aromatic rings. The highest BCUT2D eigenvalue weighted by Gasteiger charge is 2.10. The van der Waals surface area contributed by atoms with E-state index < -0.39 is 0 Å². The molecule has 0 amide bonds. The summed E-state index contributed by atoms with van der Waals surface area (Å²) >= 11 is 0. The highest BCUT2D eigenvalue weighted by molar-refractivity contribution is 5.79. The van der Waals surface area contributed by atoms with Crippen LogP contribution < -0.4 is 0 Å². The molecule has 0 saturated heterocycles. The normalized spacial score (nSPS) is 10.7. The van der Waals surface area contributed by atoms with Crippen molar-refractivity contribution in [3.05, 3.63) is 106 Å². The van der Waals surface area contributed by atoms with E-state index in [1.165, 1.54) is 0 Å². The Hall–Kier alpha value is -3.88. The summed E-state index contributed by atoms with van der Waals surface area (Å²) in [7, 11) is 0. The molecule has 0 spiro atoms. The van der Waals surface area contributed by atoms with Gasteiger partial charge >= 0.3 is 0 Å². The van der Waals surface area contributed by atoms with Gasteiger partial charge < -0.3 is 0 Å². The van der Waals surface area contributed by atoms with Crippen LogP contribution in [0.5, 0.6) is 0 Å². The largest absolute Gasteiger partial charge is 0.192 e. The standard InChI is InChI=1S/C24H16N2/c25-17-23-21(13-11-19-7-3-1-4-8-19)15-16-22(24(23)18-26)14-12-20-9-5-2-6-10-20/h1-16H/b13-11+,14-12+. The predicted octanol–water partition coefficient (Wildman–Crippen LogP) is 5.77. The molecular formula is C24H16N2. The first kappa shape index (κ1) is 17.0. The average Bonchev–Trinajstić information content (AvgIpc) is 2.71. The Morgan fingerprint density at radius 2 is 0.885 bits per heavy atom. The fourth-order valence-electron chi connectivity index (χ4n) is 2.65. The first-order valence-electron chi connectivity index (χ1n) is 8.25. The monoisotopic (exact) mass is 332 g/mol. The molecule has 0 N–H and O–H groups in total. The average molecular weight is 332 g/mol. The molecule has 0 heterocycles. The van der Waals surface area contributed by atoms with E-state index in [0.717, 1.165) is 22.3 Å². The molecular weight excluding hydrogens is 316 g/mol. The van der Waals surface area contributed by atoms with Crippen molar-refractivity contribution < 1.29 is 0 Å². The first-order valence-corrected chi connectivity index (χ1v) is 8.25. The van der Waals surface area contributed by atoms with E-state index in [0.29, 0.717) is 11.1 Å². The number of rotatable bonds is 4. The Balaban J connectivity index is 1.97. The molecule has 2 heteroatoms. The lowest BCUT2D eigenvalue weighted by Gasteiger charge is -2.05. The van der Waals surface area contributed by atoms with Crippen LogP contribution in [0.25, 0.3) is 24.3 Å². The van der Waals surface area contributed by atoms with Gasteiger partial charge in [0.1, 0.15) is 12.1 Å². The molecule has 122 valence electrons. The summed E-state index contributed by atoms with van der Waals surface area (Å²) in [5.74, 6) is 0. The Kier molecular flexibility index (Phi) is 5.41. The van der Waals surface area contributed by atoms with Crippen LogP contribution in [0.1, 0.15) is 33.4 Å². The number of benzene rings is 3. The number of hydrogen-bond acceptors (Lipinski definition) is 2. The van der Waals surface area contributed by atoms with Gasteiger partial charge in [0.15, 0.2) is 0 Å². The van der Waals surface area contributed by atoms with Gasteiger partial charge in [-0.15, -0.1) is 0 Å². The molecule has 3 aromatic carbocycles. The fraction of sp³-hybridized carbons (Fsp3) is 0. The van der Waals surface area contributed by atoms with Gasteiger partial charge in [0.25, 0.3) is 0 Å². The lowest BCUT2D eigenvalue weighted by atomic mass is 9.96. The van der Waals surface area contributed by atoms with Gasteiger partial charge in [0, 0.05) is 0 Å². The molecule has 0 unspecified atom stereocenters. The lowest BCUT2D eigenvalue weighted by Crippen LogP contribution is -1.92. The molecule has 26 heavy (non-hydrogen) atoms. The van der Waals surface area contributed by atoms with Crippen LogP contribution in [-0.2, 0) is 0 Å². The predicted molar refractivity (Wildman–Crippen MR) is 107 cm³/mol. The Bertz CT molecular complexity index is 945. The Morgan fingerprint density at radius 1 is 0.500 bits per heavy atom. The second-order valence-electron chi connectivity index (χ2n) is 5.71. The van der Waals surface area contributed by atoms with Gasteiger partial charge in [0.2, 0.25) is 0 Å². The minimum absolute atomic E-state index is 0.398. The minimum atomic E-state index is 0.398. The minimum Gasteiger partial charge on any atom is -0.192 e. The fourth-order valence-corrected chi connectivity index (χ4v) is 2.65. The van der Waals surface area contributed by atoms with Crippen molar-refractivity contribution in [1.29, 1.82) is 10.5 Å². The number of hydrogen-bond donors (Lipinski definition) is 0. The van der Waals surface area contributed by atoms with E-state index >= 15 is 0 Å². The van der Waals surface area contributed by atoms with Crippen LogP contribution in [0.2, 0.25) is 0 Å². The van der Waals surface area contributed by atoms with Crippen LogP contribution >= 0.6 is 0 Å². The molecule has 0 atom stereocenters. The zero-order chi connectivity index (χ0) is 18.2. The maximum atomic E-state index is 9.58. The third kappa shape index (κ3) is 3.96. The third-order valence-electron chi connectivity index (χ3n) is 4.00. The topological polar surface area (TPSA) is 47.6 Å². The number of nitrogens with zero attached hydrogens (tertiary/aromatic N) is 2. The van der Waals surface area contributed by atoms with Gasteiger partial charge in [0.05, 0.1) is 11.1 Å². The van der Waals surface area contributed by atoms with Crippen molar-refractivity contribution in [2.24, 2.45) is 0 Å². The smallest absolute Gasteiger partial charge is 0.101 e. The molecule has 0 aliphatic carbocycles. The Labute approximate surface area is 153 Å². The van der Waals surface area contributed by atoms with Gasteiger partial charge in [-0.25, -0.2) is 0 Å². The van der Waals surface area contributed by atoms with E-state index in [-0.39, 0.29) is 0 Å². The summed E-state index contributed by atoms with van der Waals surface area (Å²) in [5, 5.41) is 19.2. The first-order chi connectivity index (χ1) is 12.8. The van der Waals surface area contributed by atoms with E-state index in [1.807, 2.05) is 97.1 Å². The van der Waals surface area contributed by atoms with E-state index in [1.54, 1.807) is 0 Å². The summed E-state index contributed by atoms with van der Waals surface area (Å²) < 4.78 is 0. The summed E-state index contributed by atoms with van der Waals surface area (Å²) in [6, 6.07) is 27.8. The zero-order valence-electron chi connectivity index (χ0n) is 14.1. The summed E-state index contributed by atoms with van der Waals surface area (Å²) in [4.78, 5) is 0. The van der Waals surface area contributed by atoms with Gasteiger partial charge in [-0.2, -0.15) is 10.5 Å². The van der Waals surface area contributed by atoms with Gasteiger partial charge in [-0.1, -0.05) is 97.1 Å². The summed E-state index contributed by atoms with van der Waals surface area (Å²) in [5.41, 5.74) is 4.37. The molecule has 0 aliphatic rings. The van der Waals surface area contributed by atoms with Crippen molar-refractivity contribution in [3.8, 4) is 12.1 Å². The van der Waals surface area contributed by atoms with Crippen molar-refractivity contribution in [3.63, 3.8) is 0 Å². The third-order valence-corrected chi connectivity index (χ3v) is 4.00. The van der Waals surface area contributed by atoms with Gasteiger partial charge in [-0.05, 0) is 22.3 Å². The molecule has 0 saturated carbocycles. The van der Waals surface area contributed by atoms with Crippen molar-refractivity contribution >= 4 is 24.3 Å². The van der Waals surface area contributed by atoms with Crippen molar-refractivity contribution in [1.82, 2.24) is 0 Å². The zero-order valence-corrected chi connectivity index (χ0v) is 14.1. The van der Waals surface area contributed by atoms with Crippen molar-refractivity contribution in [2.45, 2.75) is 0 Å². The van der Waals surface area contributed by atoms with Gasteiger partial charge in [-0.3, -0.25) is 0 Å². The van der Waals surface area contributed by atoms with Crippen LogP contribution in [0, 0.1) is 22.7 Å². The lowest BCUT2D eigenvalue weighted by molar-refractivity contribution is 1.41. The van der Waals surface area contributed by atoms with E-state index in [9.17, 15) is 10.5 Å². The summed E-state index contributed by atoms with van der Waals surface area (Å²) in [6.07, 6.45) is 7.63. The van der Waals surface area contributed by atoms with Crippen LogP contribution in [0.4, 0.5) is 0 Å². The number of nitriles is 2. The summed E-state index contributed by atoms with van der Waals surface area (Å²) in [6.45, 7) is 0. The maximum Gasteiger partial charge on any atom is 0.101 e. The molecule has 0 aromatic heterocycles. The van der Waals surface area contributed by atoms with Crippen LogP contribution in [-0.4, -0.2) is 0 Å². The Morgan fingerprint density at radius 3 is 1.23 bits per heavy atom. The second kappa shape index (κ2) is 8.29. The van der Waals surface area contributed by atoms with E-state index in [2.05, 4.69) is 12.1 Å². The highest BCUT2D eigenvalue weighted by Crippen LogP contribution is 2.22. The quantitative estimate of drug-likeness (QED) is 0.569. The van der Waals surface area contributed by atoms with Crippen molar-refractivity contribution in [2.75, 3.05) is 0 Å². The molecule has 2 nitrogen and oxygen atoms in total. The second-order valence-corrected chi connectivity index (χ2v) is 5.71. The molecule has 3 rings (SSSR count). The SMILES string of the molecule is N#Cc1c(/C=C/c2ccccc2)ccc(/C=C/c2ccccc2)c1C#N. The molecule has 0 aliphatic heterocycles. The van der Waals surface area contributed by atoms with Crippen LogP contribution in [0.3, 0.4) is 0 Å².